The van der Waals surface area contributed by atoms with Crippen LogP contribution in [0.2, 0.25) is 0 Å². The highest BCUT2D eigenvalue weighted by Gasteiger charge is 2.24. The highest BCUT2D eigenvalue weighted by atomic mass is 16.5. The van der Waals surface area contributed by atoms with Crippen LogP contribution in [0.15, 0.2) is 0 Å². The standard InChI is InChI=1S/C16H29NO6/c1-5-7-10-23-14(18)8-9-17(6-2)13(11-15(19)21-3)12-16(20)22-4/h13H,5-12H2,1-4H3. The Morgan fingerprint density at radius 3 is 1.96 bits per heavy atom. The Bertz CT molecular complexity index is 354. The van der Waals surface area contributed by atoms with E-state index in [4.69, 9.17) is 4.74 Å². The Kier molecular flexibility index (Phi) is 12.0. The first-order valence-electron chi connectivity index (χ1n) is 8.01. The summed E-state index contributed by atoms with van der Waals surface area (Å²) in [5, 5.41) is 0. The van der Waals surface area contributed by atoms with Gasteiger partial charge in [-0.3, -0.25) is 19.3 Å². The number of carbonyl (C=O) groups excluding carboxylic acids is 3. The number of esters is 3. The van der Waals surface area contributed by atoms with E-state index in [0.717, 1.165) is 12.8 Å². The zero-order valence-electron chi connectivity index (χ0n) is 14.6. The minimum absolute atomic E-state index is 0.0737. The van der Waals surface area contributed by atoms with Gasteiger partial charge >= 0.3 is 17.9 Å². The molecule has 0 fully saturated rings. The third-order valence-electron chi connectivity index (χ3n) is 3.55. The van der Waals surface area contributed by atoms with Crippen LogP contribution in [0.1, 0.15) is 46.0 Å². The molecule has 0 N–H and O–H groups in total. The molecule has 0 aromatic heterocycles. The second-order valence-corrected chi connectivity index (χ2v) is 5.17. The maximum absolute atomic E-state index is 11.7. The van der Waals surface area contributed by atoms with Crippen molar-refractivity contribution in [2.75, 3.05) is 33.9 Å². The lowest BCUT2D eigenvalue weighted by molar-refractivity contribution is -0.145. The Balaban J connectivity index is 4.57. The topological polar surface area (TPSA) is 82.1 Å². The fourth-order valence-electron chi connectivity index (χ4n) is 2.12. The molecule has 0 amide bonds. The summed E-state index contributed by atoms with van der Waals surface area (Å²) >= 11 is 0. The number of hydrogen-bond acceptors (Lipinski definition) is 7. The second-order valence-electron chi connectivity index (χ2n) is 5.17. The van der Waals surface area contributed by atoms with E-state index in [1.807, 2.05) is 18.7 Å². The second kappa shape index (κ2) is 12.9. The maximum atomic E-state index is 11.7. The first kappa shape index (κ1) is 21.4. The number of methoxy groups -OCH3 is 2. The van der Waals surface area contributed by atoms with Crippen LogP contribution in [0, 0.1) is 0 Å². The molecule has 0 saturated heterocycles. The predicted octanol–water partition coefficient (Wildman–Crippen LogP) is 1.54. The average molecular weight is 331 g/mol. The number of ether oxygens (including phenoxy) is 3. The lowest BCUT2D eigenvalue weighted by Crippen LogP contribution is -2.40. The van der Waals surface area contributed by atoms with Crippen molar-refractivity contribution in [1.29, 1.82) is 0 Å². The molecule has 0 aromatic rings. The lowest BCUT2D eigenvalue weighted by Gasteiger charge is -2.29. The summed E-state index contributed by atoms with van der Waals surface area (Å²) in [6.45, 7) is 5.37. The van der Waals surface area contributed by atoms with Crippen LogP contribution in [-0.4, -0.2) is 62.8 Å². The van der Waals surface area contributed by atoms with Crippen LogP contribution in [-0.2, 0) is 28.6 Å². The third kappa shape index (κ3) is 9.89. The Morgan fingerprint density at radius 2 is 1.52 bits per heavy atom. The van der Waals surface area contributed by atoms with Crippen LogP contribution in [0.4, 0.5) is 0 Å². The molecule has 0 aromatic carbocycles. The van der Waals surface area contributed by atoms with Gasteiger partial charge in [0.2, 0.25) is 0 Å². The van der Waals surface area contributed by atoms with Gasteiger partial charge in [0.1, 0.15) is 0 Å². The molecule has 0 spiro atoms. The van der Waals surface area contributed by atoms with Gasteiger partial charge in [-0.2, -0.15) is 0 Å². The van der Waals surface area contributed by atoms with Crippen LogP contribution in [0.5, 0.6) is 0 Å². The van der Waals surface area contributed by atoms with Crippen molar-refractivity contribution in [3.63, 3.8) is 0 Å². The molecule has 0 rings (SSSR count). The molecular weight excluding hydrogens is 302 g/mol. The lowest BCUT2D eigenvalue weighted by atomic mass is 10.1. The number of rotatable bonds is 12. The van der Waals surface area contributed by atoms with Crippen molar-refractivity contribution in [1.82, 2.24) is 4.90 Å². The van der Waals surface area contributed by atoms with E-state index in [1.54, 1.807) is 0 Å². The molecular formula is C16H29NO6. The third-order valence-corrected chi connectivity index (χ3v) is 3.55. The quantitative estimate of drug-likeness (QED) is 0.305. The summed E-state index contributed by atoms with van der Waals surface area (Å²) < 4.78 is 14.5. The molecule has 23 heavy (non-hydrogen) atoms. The molecule has 0 aliphatic heterocycles. The first-order chi connectivity index (χ1) is 11.0. The molecule has 0 heterocycles. The van der Waals surface area contributed by atoms with Gasteiger partial charge in [0.15, 0.2) is 0 Å². The molecule has 0 unspecified atom stereocenters. The summed E-state index contributed by atoms with van der Waals surface area (Å²) in [4.78, 5) is 36.6. The zero-order valence-corrected chi connectivity index (χ0v) is 14.6. The monoisotopic (exact) mass is 331 g/mol. The van der Waals surface area contributed by atoms with Gasteiger partial charge in [-0.1, -0.05) is 20.3 Å². The van der Waals surface area contributed by atoms with Crippen molar-refractivity contribution in [3.05, 3.63) is 0 Å². The van der Waals surface area contributed by atoms with E-state index >= 15 is 0 Å². The summed E-state index contributed by atoms with van der Waals surface area (Å²) in [5.74, 6) is -1.07. The van der Waals surface area contributed by atoms with Gasteiger partial charge < -0.3 is 14.2 Å². The van der Waals surface area contributed by atoms with Crippen molar-refractivity contribution in [2.24, 2.45) is 0 Å². The zero-order chi connectivity index (χ0) is 17.7. The van der Waals surface area contributed by atoms with Gasteiger partial charge in [0.25, 0.3) is 0 Å². The van der Waals surface area contributed by atoms with E-state index in [9.17, 15) is 14.4 Å². The molecule has 0 bridgehead atoms. The summed E-state index contributed by atoms with van der Waals surface area (Å²) in [6.07, 6.45) is 2.18. The smallest absolute Gasteiger partial charge is 0.307 e. The molecule has 0 aliphatic rings. The minimum Gasteiger partial charge on any atom is -0.469 e. The van der Waals surface area contributed by atoms with Crippen molar-refractivity contribution < 1.29 is 28.6 Å². The first-order valence-corrected chi connectivity index (χ1v) is 8.01. The average Bonchev–Trinajstić information content (AvgIpc) is 2.55. The van der Waals surface area contributed by atoms with Crippen LogP contribution in [0.25, 0.3) is 0 Å². The number of unbranched alkanes of at least 4 members (excludes halogenated alkanes) is 1. The SMILES string of the molecule is CCCCOC(=O)CCN(CC)C(CC(=O)OC)CC(=O)OC. The number of carbonyl (C=O) groups is 3. The molecule has 0 saturated carbocycles. The van der Waals surface area contributed by atoms with Crippen LogP contribution >= 0.6 is 0 Å². The van der Waals surface area contributed by atoms with Gasteiger partial charge in [-0.25, -0.2) is 0 Å². The van der Waals surface area contributed by atoms with Gasteiger partial charge in [-0.05, 0) is 13.0 Å². The highest BCUT2D eigenvalue weighted by Crippen LogP contribution is 2.12. The molecule has 0 atom stereocenters. The molecule has 7 nitrogen and oxygen atoms in total. The largest absolute Gasteiger partial charge is 0.469 e. The van der Waals surface area contributed by atoms with Crippen molar-refractivity contribution >= 4 is 17.9 Å². The van der Waals surface area contributed by atoms with Crippen molar-refractivity contribution in [2.45, 2.75) is 52.0 Å². The fraction of sp³-hybridized carbons (Fsp3) is 0.812. The van der Waals surface area contributed by atoms with Gasteiger partial charge in [0, 0.05) is 12.6 Å². The summed E-state index contributed by atoms with van der Waals surface area (Å²) in [5.41, 5.74) is 0. The summed E-state index contributed by atoms with van der Waals surface area (Å²) in [6, 6.07) is -0.358. The van der Waals surface area contributed by atoms with Gasteiger partial charge in [-0.15, -0.1) is 0 Å². The van der Waals surface area contributed by atoms with Crippen LogP contribution < -0.4 is 0 Å². The minimum atomic E-state index is -0.400. The normalized spacial score (nSPS) is 10.7. The molecule has 7 heteroatoms. The highest BCUT2D eigenvalue weighted by molar-refractivity contribution is 5.74. The Labute approximate surface area is 138 Å². The van der Waals surface area contributed by atoms with E-state index < -0.39 is 11.9 Å². The van der Waals surface area contributed by atoms with E-state index in [0.29, 0.717) is 19.7 Å². The number of hydrogen-bond donors (Lipinski definition) is 0. The Morgan fingerprint density at radius 1 is 0.957 bits per heavy atom. The fourth-order valence-corrected chi connectivity index (χ4v) is 2.12. The van der Waals surface area contributed by atoms with Crippen molar-refractivity contribution in [3.8, 4) is 0 Å². The molecule has 0 radical (unpaired) electrons. The van der Waals surface area contributed by atoms with Crippen LogP contribution in [0.3, 0.4) is 0 Å². The predicted molar refractivity (Wildman–Crippen MR) is 84.8 cm³/mol. The summed E-state index contributed by atoms with van der Waals surface area (Å²) in [7, 11) is 2.61. The maximum Gasteiger partial charge on any atom is 0.307 e. The van der Waals surface area contributed by atoms with Gasteiger partial charge in [0.05, 0.1) is 40.1 Å². The van der Waals surface area contributed by atoms with E-state index in [-0.39, 0.29) is 31.3 Å². The van der Waals surface area contributed by atoms with E-state index in [2.05, 4.69) is 9.47 Å². The van der Waals surface area contributed by atoms with E-state index in [1.165, 1.54) is 14.2 Å². The Hall–Kier alpha value is -1.63. The molecule has 0 aliphatic carbocycles. The molecule has 134 valence electrons. The number of nitrogens with zero attached hydrogens (tertiary/aromatic N) is 1.